The summed E-state index contributed by atoms with van der Waals surface area (Å²) in [5.41, 5.74) is 7.39. The topological polar surface area (TPSA) is 68.5 Å². The number of rotatable bonds is 3. The summed E-state index contributed by atoms with van der Waals surface area (Å²) in [5.74, 6) is -1.09. The third-order valence-electron chi connectivity index (χ3n) is 5.99. The summed E-state index contributed by atoms with van der Waals surface area (Å²) in [7, 11) is 1.48. The van der Waals surface area contributed by atoms with Crippen LogP contribution in [0.3, 0.4) is 0 Å². The molecule has 32 heavy (non-hydrogen) atoms. The van der Waals surface area contributed by atoms with Crippen LogP contribution in [0.15, 0.2) is 36.4 Å². The van der Waals surface area contributed by atoms with Gasteiger partial charge in [-0.1, -0.05) is 12.1 Å². The molecule has 0 unspecified atom stereocenters. The van der Waals surface area contributed by atoms with Crippen LogP contribution >= 0.6 is 0 Å². The number of aromatic nitrogens is 1. The second kappa shape index (κ2) is 7.74. The van der Waals surface area contributed by atoms with Crippen LogP contribution < -0.4 is 5.73 Å². The molecule has 2 heterocycles. The second-order valence-electron chi connectivity index (χ2n) is 7.90. The number of nitrogens with two attached hydrogens (primary N) is 1. The highest BCUT2D eigenvalue weighted by Gasteiger charge is 2.31. The fourth-order valence-corrected chi connectivity index (χ4v) is 3.99. The number of carbonyl (C=O) groups is 1. The molecule has 0 spiro atoms. The first kappa shape index (κ1) is 22.0. The van der Waals surface area contributed by atoms with E-state index in [2.05, 4.69) is 4.98 Å². The van der Waals surface area contributed by atoms with Gasteiger partial charge >= 0.3 is 6.18 Å². The fraction of sp³-hybridized carbons (Fsp3) is 0.304. The predicted octanol–water partition coefficient (Wildman–Crippen LogP) is 5.40. The first-order valence-corrected chi connectivity index (χ1v) is 9.96. The molecular formula is C23H21F4N3O2. The molecule has 0 radical (unpaired) electrons. The summed E-state index contributed by atoms with van der Waals surface area (Å²) in [6, 6.07) is 6.56. The van der Waals surface area contributed by atoms with E-state index >= 15 is 0 Å². The number of hydrogen-bond donors (Lipinski definition) is 1. The van der Waals surface area contributed by atoms with Gasteiger partial charge in [0, 0.05) is 24.1 Å². The molecule has 1 aromatic heterocycles. The molecule has 9 heteroatoms. The number of halogens is 4. The van der Waals surface area contributed by atoms with E-state index in [1.54, 1.807) is 6.92 Å². The Bertz CT molecular complexity index is 1210. The van der Waals surface area contributed by atoms with Crippen molar-refractivity contribution in [3.63, 3.8) is 0 Å². The van der Waals surface area contributed by atoms with Gasteiger partial charge < -0.3 is 15.4 Å². The van der Waals surface area contributed by atoms with Crippen LogP contribution in [0.1, 0.15) is 58.6 Å². The summed E-state index contributed by atoms with van der Waals surface area (Å²) in [4.78, 5) is 18.7. The molecule has 1 amide bonds. The van der Waals surface area contributed by atoms with E-state index in [0.717, 1.165) is 23.3 Å². The van der Waals surface area contributed by atoms with Crippen molar-refractivity contribution in [2.24, 2.45) is 0 Å². The number of fused-ring (bicyclic) bond motifs is 3. The number of nitrogens with zero attached hydrogens (tertiary/aromatic N) is 2. The van der Waals surface area contributed by atoms with Gasteiger partial charge in [0.1, 0.15) is 11.6 Å². The lowest BCUT2D eigenvalue weighted by Gasteiger charge is -2.26. The Balaban J connectivity index is 1.68. The molecule has 0 saturated carbocycles. The van der Waals surface area contributed by atoms with Gasteiger partial charge in [-0.15, -0.1) is 0 Å². The van der Waals surface area contributed by atoms with E-state index in [4.69, 9.17) is 10.5 Å². The Morgan fingerprint density at radius 1 is 1.25 bits per heavy atom. The lowest BCUT2D eigenvalue weighted by Crippen LogP contribution is -2.30. The van der Waals surface area contributed by atoms with Crippen molar-refractivity contribution < 1.29 is 27.1 Å². The molecule has 1 aliphatic rings. The molecule has 0 saturated heterocycles. The van der Waals surface area contributed by atoms with E-state index < -0.39 is 29.5 Å². The van der Waals surface area contributed by atoms with Crippen LogP contribution in [-0.4, -0.2) is 22.8 Å². The van der Waals surface area contributed by atoms with Crippen molar-refractivity contribution in [3.8, 4) is 0 Å². The molecule has 4 rings (SSSR count). The molecule has 3 aromatic rings. The largest absolute Gasteiger partial charge is 0.416 e. The zero-order valence-electron chi connectivity index (χ0n) is 17.6. The van der Waals surface area contributed by atoms with Crippen LogP contribution in [0.4, 0.5) is 23.4 Å². The van der Waals surface area contributed by atoms with E-state index in [1.807, 2.05) is 6.92 Å². The molecule has 2 atom stereocenters. The van der Waals surface area contributed by atoms with Crippen molar-refractivity contribution in [2.75, 3.05) is 12.8 Å². The summed E-state index contributed by atoms with van der Waals surface area (Å²) in [6.45, 7) is 3.77. The summed E-state index contributed by atoms with van der Waals surface area (Å²) >= 11 is 0. The van der Waals surface area contributed by atoms with Gasteiger partial charge in [-0.25, -0.2) is 9.37 Å². The van der Waals surface area contributed by atoms with Crippen molar-refractivity contribution >= 4 is 22.6 Å². The van der Waals surface area contributed by atoms with Crippen molar-refractivity contribution in [1.82, 2.24) is 9.88 Å². The smallest absolute Gasteiger partial charge is 0.383 e. The highest BCUT2D eigenvalue weighted by Crippen LogP contribution is 2.39. The summed E-state index contributed by atoms with van der Waals surface area (Å²) < 4.78 is 58.9. The van der Waals surface area contributed by atoms with Crippen molar-refractivity contribution in [1.29, 1.82) is 0 Å². The van der Waals surface area contributed by atoms with Crippen LogP contribution in [0.5, 0.6) is 0 Å². The third-order valence-corrected chi connectivity index (χ3v) is 5.99. The van der Waals surface area contributed by atoms with Gasteiger partial charge in [0.2, 0.25) is 0 Å². The fourth-order valence-electron chi connectivity index (χ4n) is 3.99. The van der Waals surface area contributed by atoms with Crippen molar-refractivity contribution in [2.45, 2.75) is 38.8 Å². The van der Waals surface area contributed by atoms with Gasteiger partial charge in [-0.2, -0.15) is 13.2 Å². The average molecular weight is 447 g/mol. The number of amides is 1. The minimum atomic E-state index is -4.45. The standard InChI is InChI=1S/C23H21F4N3O2/c1-11(13-4-6-14(7-5-13)23(25,26)27)30(3)22(31)16-8-15-17-10-32-12(2)20(17)21(28)29-19(15)9-18(16)24/h4-9,11-12H,10H2,1-3H3,(H2,28,29)/t11-,12+/m0/s1. The number of carbonyl (C=O) groups excluding carboxylic acids is 1. The summed E-state index contributed by atoms with van der Waals surface area (Å²) in [6.07, 6.45) is -4.70. The maximum atomic E-state index is 14.9. The quantitative estimate of drug-likeness (QED) is 0.546. The lowest BCUT2D eigenvalue weighted by atomic mass is 9.99. The summed E-state index contributed by atoms with van der Waals surface area (Å²) in [5, 5.41) is 0.582. The molecule has 168 valence electrons. The Hall–Kier alpha value is -3.20. The number of pyridine rings is 1. The highest BCUT2D eigenvalue weighted by atomic mass is 19.4. The Morgan fingerprint density at radius 3 is 2.53 bits per heavy atom. The number of nitrogen functional groups attached to an aromatic ring is 1. The number of anilines is 1. The number of benzene rings is 2. The Morgan fingerprint density at radius 2 is 1.91 bits per heavy atom. The van der Waals surface area contributed by atoms with E-state index in [0.29, 0.717) is 16.5 Å². The SMILES string of the molecule is C[C@H]1OCc2c1c(N)nc1cc(F)c(C(=O)N(C)[C@@H](C)c3ccc(C(F)(F)F)cc3)cc21. The number of ether oxygens (including phenoxy) is 1. The van der Waals surface area contributed by atoms with Gasteiger partial charge in [-0.05, 0) is 43.2 Å². The monoisotopic (exact) mass is 447 g/mol. The van der Waals surface area contributed by atoms with Crippen LogP contribution in [0.2, 0.25) is 0 Å². The van der Waals surface area contributed by atoms with Crippen LogP contribution in [0.25, 0.3) is 10.9 Å². The minimum Gasteiger partial charge on any atom is -0.383 e. The molecule has 0 bridgehead atoms. The molecule has 0 fully saturated rings. The number of alkyl halides is 3. The zero-order chi connectivity index (χ0) is 23.4. The molecule has 0 aliphatic carbocycles. The van der Waals surface area contributed by atoms with Crippen molar-refractivity contribution in [3.05, 3.63) is 70.0 Å². The average Bonchev–Trinajstić information content (AvgIpc) is 3.13. The maximum absolute atomic E-state index is 14.9. The van der Waals surface area contributed by atoms with Crippen LogP contribution in [-0.2, 0) is 17.5 Å². The maximum Gasteiger partial charge on any atom is 0.416 e. The second-order valence-corrected chi connectivity index (χ2v) is 7.90. The number of hydrogen-bond acceptors (Lipinski definition) is 4. The van der Waals surface area contributed by atoms with Gasteiger partial charge in [-0.3, -0.25) is 4.79 Å². The molecule has 2 N–H and O–H groups in total. The third kappa shape index (κ3) is 3.66. The Kier molecular flexibility index (Phi) is 5.32. The minimum absolute atomic E-state index is 0.160. The highest BCUT2D eigenvalue weighted by molar-refractivity contribution is 5.99. The van der Waals surface area contributed by atoms with Gasteiger partial charge in [0.25, 0.3) is 5.91 Å². The normalized spacial score (nSPS) is 16.8. The molecular weight excluding hydrogens is 426 g/mol. The van der Waals surface area contributed by atoms with Gasteiger partial charge in [0.15, 0.2) is 0 Å². The lowest BCUT2D eigenvalue weighted by molar-refractivity contribution is -0.137. The zero-order valence-corrected chi connectivity index (χ0v) is 17.6. The predicted molar refractivity (Wildman–Crippen MR) is 111 cm³/mol. The molecule has 5 nitrogen and oxygen atoms in total. The van der Waals surface area contributed by atoms with Gasteiger partial charge in [0.05, 0.1) is 35.4 Å². The van der Waals surface area contributed by atoms with E-state index in [9.17, 15) is 22.4 Å². The van der Waals surface area contributed by atoms with E-state index in [-0.39, 0.29) is 24.1 Å². The van der Waals surface area contributed by atoms with Crippen LogP contribution in [0, 0.1) is 5.82 Å². The van der Waals surface area contributed by atoms with E-state index in [1.165, 1.54) is 36.2 Å². The first-order chi connectivity index (χ1) is 15.0. The molecule has 1 aliphatic heterocycles. The first-order valence-electron chi connectivity index (χ1n) is 9.96. The molecule has 2 aromatic carbocycles. The Labute approximate surface area is 181 Å².